The van der Waals surface area contributed by atoms with Gasteiger partial charge in [0, 0.05) is 12.1 Å². The molecule has 3 rings (SSSR count). The van der Waals surface area contributed by atoms with Crippen molar-refractivity contribution < 1.29 is 13.5 Å². The maximum Gasteiger partial charge on any atom is 0.161 e. The molecule has 0 radical (unpaired) electrons. The number of benzene rings is 2. The standard InChI is InChI=1S/C15H10Cl2F2N2O/c16-9-2-1-3-10(17)15(9)22-5-4-21-8-20-13-6-11(18)12(19)7-14(13)21/h1-3,6-8H,4-5H2. The van der Waals surface area contributed by atoms with Crippen LogP contribution in [0.1, 0.15) is 0 Å². The summed E-state index contributed by atoms with van der Waals surface area (Å²) < 4.78 is 33.7. The van der Waals surface area contributed by atoms with Gasteiger partial charge >= 0.3 is 0 Å². The molecule has 0 bridgehead atoms. The zero-order valence-corrected chi connectivity index (χ0v) is 12.7. The van der Waals surface area contributed by atoms with Crippen molar-refractivity contribution >= 4 is 34.2 Å². The van der Waals surface area contributed by atoms with E-state index in [9.17, 15) is 8.78 Å². The molecule has 114 valence electrons. The minimum atomic E-state index is -0.920. The van der Waals surface area contributed by atoms with Gasteiger partial charge in [-0.05, 0) is 12.1 Å². The van der Waals surface area contributed by atoms with Gasteiger partial charge in [0.15, 0.2) is 17.4 Å². The number of nitrogens with zero attached hydrogens (tertiary/aromatic N) is 2. The summed E-state index contributed by atoms with van der Waals surface area (Å²) in [7, 11) is 0. The topological polar surface area (TPSA) is 27.1 Å². The van der Waals surface area contributed by atoms with Gasteiger partial charge < -0.3 is 9.30 Å². The summed E-state index contributed by atoms with van der Waals surface area (Å²) in [6.07, 6.45) is 1.50. The summed E-state index contributed by atoms with van der Waals surface area (Å²) in [6, 6.07) is 7.24. The number of imidazole rings is 1. The van der Waals surface area contributed by atoms with E-state index in [1.807, 2.05) is 0 Å². The van der Waals surface area contributed by atoms with Gasteiger partial charge in [-0.1, -0.05) is 29.3 Å². The van der Waals surface area contributed by atoms with E-state index in [0.29, 0.717) is 33.4 Å². The molecule has 0 saturated carbocycles. The first-order valence-corrected chi connectivity index (χ1v) is 7.18. The Bertz CT molecular complexity index is 816. The predicted molar refractivity (Wildman–Crippen MR) is 81.6 cm³/mol. The third-order valence-corrected chi connectivity index (χ3v) is 3.76. The molecule has 22 heavy (non-hydrogen) atoms. The Morgan fingerprint density at radius 3 is 2.50 bits per heavy atom. The van der Waals surface area contributed by atoms with Crippen LogP contribution in [0.25, 0.3) is 11.0 Å². The van der Waals surface area contributed by atoms with Crippen molar-refractivity contribution in [3.05, 3.63) is 58.3 Å². The molecule has 0 spiro atoms. The highest BCUT2D eigenvalue weighted by Gasteiger charge is 2.10. The second-order valence-corrected chi connectivity index (χ2v) is 5.41. The molecule has 0 amide bonds. The number of fused-ring (bicyclic) bond motifs is 1. The molecule has 3 aromatic rings. The molecule has 1 aromatic heterocycles. The fraction of sp³-hybridized carbons (Fsp3) is 0.133. The Balaban J connectivity index is 1.76. The zero-order valence-electron chi connectivity index (χ0n) is 11.2. The third-order valence-electron chi connectivity index (χ3n) is 3.16. The molecular weight excluding hydrogens is 333 g/mol. The second kappa shape index (κ2) is 6.10. The lowest BCUT2D eigenvalue weighted by molar-refractivity contribution is 0.300. The molecule has 0 atom stereocenters. The predicted octanol–water partition coefficient (Wildman–Crippen LogP) is 4.70. The van der Waals surface area contributed by atoms with Crippen molar-refractivity contribution in [2.45, 2.75) is 6.54 Å². The first kappa shape index (κ1) is 15.1. The van der Waals surface area contributed by atoms with Crippen molar-refractivity contribution in [3.63, 3.8) is 0 Å². The molecular formula is C15H10Cl2F2N2O. The third kappa shape index (κ3) is 2.87. The summed E-state index contributed by atoms with van der Waals surface area (Å²) >= 11 is 12.0. The van der Waals surface area contributed by atoms with Gasteiger partial charge in [0.2, 0.25) is 0 Å². The summed E-state index contributed by atoms with van der Waals surface area (Å²) in [4.78, 5) is 4.03. The largest absolute Gasteiger partial charge is 0.489 e. The van der Waals surface area contributed by atoms with Crippen LogP contribution in [0.15, 0.2) is 36.7 Å². The molecule has 0 aliphatic rings. The van der Waals surface area contributed by atoms with Crippen LogP contribution in [-0.2, 0) is 6.54 Å². The van der Waals surface area contributed by atoms with Gasteiger partial charge in [-0.2, -0.15) is 0 Å². The van der Waals surface area contributed by atoms with Crippen molar-refractivity contribution in [2.75, 3.05) is 6.61 Å². The molecule has 7 heteroatoms. The van der Waals surface area contributed by atoms with Gasteiger partial charge in [-0.15, -0.1) is 0 Å². The van der Waals surface area contributed by atoms with Gasteiger partial charge in [-0.3, -0.25) is 0 Å². The Labute approximate surface area is 135 Å². The normalized spacial score (nSPS) is 11.1. The molecule has 0 aliphatic carbocycles. The van der Waals surface area contributed by atoms with Crippen molar-refractivity contribution in [3.8, 4) is 5.75 Å². The highest BCUT2D eigenvalue weighted by molar-refractivity contribution is 6.37. The van der Waals surface area contributed by atoms with E-state index in [-0.39, 0.29) is 6.61 Å². The van der Waals surface area contributed by atoms with E-state index in [1.54, 1.807) is 22.8 Å². The van der Waals surface area contributed by atoms with E-state index in [1.165, 1.54) is 6.33 Å². The van der Waals surface area contributed by atoms with E-state index in [0.717, 1.165) is 12.1 Å². The van der Waals surface area contributed by atoms with Crippen LogP contribution in [0, 0.1) is 11.6 Å². The molecule has 2 aromatic carbocycles. The maximum absolute atomic E-state index is 13.3. The monoisotopic (exact) mass is 342 g/mol. The Morgan fingerprint density at radius 1 is 1.09 bits per heavy atom. The molecule has 3 nitrogen and oxygen atoms in total. The van der Waals surface area contributed by atoms with Crippen molar-refractivity contribution in [1.82, 2.24) is 9.55 Å². The van der Waals surface area contributed by atoms with Gasteiger partial charge in [0.25, 0.3) is 0 Å². The van der Waals surface area contributed by atoms with Crippen LogP contribution in [0.5, 0.6) is 5.75 Å². The average molecular weight is 343 g/mol. The first-order valence-electron chi connectivity index (χ1n) is 6.43. The minimum absolute atomic E-state index is 0.258. The molecule has 0 fully saturated rings. The quantitative estimate of drug-likeness (QED) is 0.687. The SMILES string of the molecule is Fc1cc2ncn(CCOc3c(Cl)cccc3Cl)c2cc1F. The number of hydrogen-bond donors (Lipinski definition) is 0. The summed E-state index contributed by atoms with van der Waals surface area (Å²) in [5.74, 6) is -1.44. The number of rotatable bonds is 4. The zero-order chi connectivity index (χ0) is 15.7. The second-order valence-electron chi connectivity index (χ2n) is 4.59. The number of para-hydroxylation sites is 1. The summed E-state index contributed by atoms with van der Waals surface area (Å²) in [5.41, 5.74) is 0.877. The lowest BCUT2D eigenvalue weighted by Gasteiger charge is -2.10. The van der Waals surface area contributed by atoms with Gasteiger partial charge in [-0.25, -0.2) is 13.8 Å². The van der Waals surface area contributed by atoms with Crippen LogP contribution in [0.4, 0.5) is 8.78 Å². The van der Waals surface area contributed by atoms with Crippen LogP contribution in [0.3, 0.4) is 0 Å². The van der Waals surface area contributed by atoms with Crippen LogP contribution in [-0.4, -0.2) is 16.2 Å². The van der Waals surface area contributed by atoms with E-state index >= 15 is 0 Å². The van der Waals surface area contributed by atoms with E-state index in [2.05, 4.69) is 4.98 Å². The number of aromatic nitrogens is 2. The fourth-order valence-corrected chi connectivity index (χ4v) is 2.60. The van der Waals surface area contributed by atoms with Crippen LogP contribution >= 0.6 is 23.2 Å². The van der Waals surface area contributed by atoms with Crippen molar-refractivity contribution in [1.29, 1.82) is 0 Å². The maximum atomic E-state index is 13.3. The fourth-order valence-electron chi connectivity index (χ4n) is 2.10. The molecule has 0 unspecified atom stereocenters. The highest BCUT2D eigenvalue weighted by Crippen LogP contribution is 2.32. The van der Waals surface area contributed by atoms with Crippen LogP contribution in [0.2, 0.25) is 10.0 Å². The molecule has 0 N–H and O–H groups in total. The van der Waals surface area contributed by atoms with Gasteiger partial charge in [0.05, 0.1) is 34.0 Å². The first-order chi connectivity index (χ1) is 10.6. The Hall–Kier alpha value is -1.85. The van der Waals surface area contributed by atoms with Gasteiger partial charge in [0.1, 0.15) is 6.61 Å². The average Bonchev–Trinajstić information content (AvgIpc) is 2.85. The number of halogens is 4. The smallest absolute Gasteiger partial charge is 0.161 e. The molecule has 1 heterocycles. The number of ether oxygens (including phenoxy) is 1. The highest BCUT2D eigenvalue weighted by atomic mass is 35.5. The van der Waals surface area contributed by atoms with Crippen LogP contribution < -0.4 is 4.74 Å². The lowest BCUT2D eigenvalue weighted by Crippen LogP contribution is -2.08. The minimum Gasteiger partial charge on any atom is -0.489 e. The Kier molecular flexibility index (Phi) is 4.18. The lowest BCUT2D eigenvalue weighted by atomic mass is 10.3. The van der Waals surface area contributed by atoms with E-state index < -0.39 is 11.6 Å². The van der Waals surface area contributed by atoms with Crippen molar-refractivity contribution in [2.24, 2.45) is 0 Å². The summed E-state index contributed by atoms with van der Waals surface area (Å²) in [6.45, 7) is 0.650. The number of hydrogen-bond acceptors (Lipinski definition) is 2. The summed E-state index contributed by atoms with van der Waals surface area (Å²) in [5, 5.41) is 0.826. The Morgan fingerprint density at radius 2 is 1.77 bits per heavy atom. The molecule has 0 saturated heterocycles. The molecule has 0 aliphatic heterocycles. The van der Waals surface area contributed by atoms with E-state index in [4.69, 9.17) is 27.9 Å².